The highest BCUT2D eigenvalue weighted by molar-refractivity contribution is 7.13. The molecule has 3 rings (SSSR count). The molecule has 0 aliphatic carbocycles. The Kier molecular flexibility index (Phi) is 5.69. The highest BCUT2D eigenvalue weighted by Gasteiger charge is 2.20. The van der Waals surface area contributed by atoms with E-state index in [1.165, 1.54) is 5.56 Å². The third-order valence-electron chi connectivity index (χ3n) is 4.53. The van der Waals surface area contributed by atoms with Crippen molar-refractivity contribution >= 4 is 22.4 Å². The molecule has 2 N–H and O–H groups in total. The summed E-state index contributed by atoms with van der Waals surface area (Å²) in [6.45, 7) is 6.64. The summed E-state index contributed by atoms with van der Waals surface area (Å²) < 4.78 is 0. The van der Waals surface area contributed by atoms with Crippen molar-refractivity contribution in [2.75, 3.05) is 37.6 Å². The van der Waals surface area contributed by atoms with Crippen LogP contribution in [0.3, 0.4) is 0 Å². The molecule has 0 saturated carbocycles. The summed E-state index contributed by atoms with van der Waals surface area (Å²) in [6, 6.07) is 10.6. The first-order chi connectivity index (χ1) is 11.8. The van der Waals surface area contributed by atoms with E-state index in [-0.39, 0.29) is 0 Å². The largest absolute Gasteiger partial charge is 0.370 e. The minimum Gasteiger partial charge on any atom is -0.370 e. The number of hydrogen-bond donors (Lipinski definition) is 1. The van der Waals surface area contributed by atoms with Crippen LogP contribution in [-0.4, -0.2) is 48.6 Å². The zero-order valence-corrected chi connectivity index (χ0v) is 15.0. The van der Waals surface area contributed by atoms with Gasteiger partial charge in [0.1, 0.15) is 0 Å². The van der Waals surface area contributed by atoms with Crippen LogP contribution in [0.1, 0.15) is 24.8 Å². The van der Waals surface area contributed by atoms with Crippen LogP contribution in [0.15, 0.2) is 46.9 Å². The van der Waals surface area contributed by atoms with E-state index in [1.807, 2.05) is 11.6 Å². The predicted octanol–water partition coefficient (Wildman–Crippen LogP) is 2.77. The summed E-state index contributed by atoms with van der Waals surface area (Å²) in [7, 11) is 0. The third kappa shape index (κ3) is 4.06. The maximum Gasteiger partial charge on any atom is 0.191 e. The summed E-state index contributed by atoms with van der Waals surface area (Å²) in [5.74, 6) is 1.10. The summed E-state index contributed by atoms with van der Waals surface area (Å²) in [4.78, 5) is 13.5. The summed E-state index contributed by atoms with van der Waals surface area (Å²) >= 11 is 1.69. The molecule has 1 fully saturated rings. The van der Waals surface area contributed by atoms with E-state index in [2.05, 4.69) is 57.0 Å². The number of rotatable bonds is 5. The van der Waals surface area contributed by atoms with E-state index < -0.39 is 0 Å². The topological polar surface area (TPSA) is 57.8 Å². The molecular weight excluding hydrogens is 318 g/mol. The van der Waals surface area contributed by atoms with E-state index >= 15 is 0 Å². The molecule has 0 radical (unpaired) electrons. The normalized spacial score (nSPS) is 17.1. The average molecular weight is 344 g/mol. The van der Waals surface area contributed by atoms with Gasteiger partial charge in [-0.25, -0.2) is 4.98 Å². The van der Waals surface area contributed by atoms with Crippen LogP contribution in [0.5, 0.6) is 0 Å². The molecule has 1 aromatic heterocycles. The minimum absolute atomic E-state index is 0.432. The van der Waals surface area contributed by atoms with Crippen LogP contribution < -0.4 is 10.6 Å². The molecule has 5 nitrogen and oxygen atoms in total. The van der Waals surface area contributed by atoms with E-state index in [4.69, 9.17) is 5.73 Å². The monoisotopic (exact) mass is 343 g/mol. The number of hydrogen-bond acceptors (Lipinski definition) is 4. The number of benzene rings is 1. The smallest absolute Gasteiger partial charge is 0.191 e. The number of aromatic nitrogens is 1. The van der Waals surface area contributed by atoms with E-state index in [1.54, 1.807) is 11.3 Å². The van der Waals surface area contributed by atoms with Gasteiger partial charge in [-0.1, -0.05) is 37.3 Å². The number of aliphatic imine (C=N–C) groups is 1. The number of guanidine groups is 1. The fourth-order valence-corrected chi connectivity index (χ4v) is 3.69. The molecule has 1 atom stereocenters. The summed E-state index contributed by atoms with van der Waals surface area (Å²) in [5, 5.41) is 3.12. The number of anilines is 1. The second-order valence-corrected chi connectivity index (χ2v) is 6.88. The van der Waals surface area contributed by atoms with Crippen molar-refractivity contribution in [2.45, 2.75) is 19.3 Å². The molecule has 1 aliphatic rings. The fourth-order valence-electron chi connectivity index (χ4n) is 3.00. The quantitative estimate of drug-likeness (QED) is 0.670. The number of thiazole rings is 1. The summed E-state index contributed by atoms with van der Waals surface area (Å²) in [5.41, 5.74) is 7.58. The van der Waals surface area contributed by atoms with Crippen LogP contribution in [0.25, 0.3) is 0 Å². The zero-order chi connectivity index (χ0) is 16.8. The van der Waals surface area contributed by atoms with Crippen molar-refractivity contribution in [1.29, 1.82) is 0 Å². The minimum atomic E-state index is 0.432. The predicted molar refractivity (Wildman–Crippen MR) is 102 cm³/mol. The van der Waals surface area contributed by atoms with Crippen LogP contribution in [0, 0.1) is 0 Å². The SMILES string of the molecule is CCC(CN=C(N)N1CCN(c2nccs2)CC1)c1ccccc1. The van der Waals surface area contributed by atoms with Gasteiger partial charge in [0.2, 0.25) is 0 Å². The van der Waals surface area contributed by atoms with Gasteiger partial charge in [-0.3, -0.25) is 4.99 Å². The van der Waals surface area contributed by atoms with Crippen LogP contribution in [0.4, 0.5) is 5.13 Å². The lowest BCUT2D eigenvalue weighted by Crippen LogP contribution is -2.51. The number of nitrogens with zero attached hydrogens (tertiary/aromatic N) is 4. The molecule has 1 aromatic carbocycles. The molecule has 0 spiro atoms. The van der Waals surface area contributed by atoms with Crippen molar-refractivity contribution in [3.05, 3.63) is 47.5 Å². The lowest BCUT2D eigenvalue weighted by atomic mass is 9.97. The van der Waals surface area contributed by atoms with Crippen molar-refractivity contribution in [3.8, 4) is 0 Å². The first kappa shape index (κ1) is 16.8. The molecular formula is C18H25N5S. The van der Waals surface area contributed by atoms with Crippen molar-refractivity contribution in [1.82, 2.24) is 9.88 Å². The van der Waals surface area contributed by atoms with E-state index in [9.17, 15) is 0 Å². The Balaban J connectivity index is 1.54. The average Bonchev–Trinajstić information content (AvgIpc) is 3.18. The Bertz CT molecular complexity index is 633. The lowest BCUT2D eigenvalue weighted by Gasteiger charge is -2.35. The second-order valence-electron chi connectivity index (χ2n) is 6.00. The van der Waals surface area contributed by atoms with Gasteiger partial charge in [0.15, 0.2) is 11.1 Å². The molecule has 1 unspecified atom stereocenters. The van der Waals surface area contributed by atoms with Crippen LogP contribution in [0.2, 0.25) is 0 Å². The molecule has 0 amide bonds. The number of piperazine rings is 1. The maximum absolute atomic E-state index is 6.24. The number of nitrogens with two attached hydrogens (primary N) is 1. The highest BCUT2D eigenvalue weighted by Crippen LogP contribution is 2.20. The van der Waals surface area contributed by atoms with E-state index in [0.717, 1.165) is 44.3 Å². The third-order valence-corrected chi connectivity index (χ3v) is 5.36. The van der Waals surface area contributed by atoms with E-state index in [0.29, 0.717) is 11.9 Å². The second kappa shape index (κ2) is 8.15. The van der Waals surface area contributed by atoms with Crippen LogP contribution in [-0.2, 0) is 0 Å². The highest BCUT2D eigenvalue weighted by atomic mass is 32.1. The van der Waals surface area contributed by atoms with Gasteiger partial charge in [-0.15, -0.1) is 11.3 Å². The van der Waals surface area contributed by atoms with Gasteiger partial charge in [0.25, 0.3) is 0 Å². The molecule has 2 aromatic rings. The van der Waals surface area contributed by atoms with Crippen molar-refractivity contribution in [3.63, 3.8) is 0 Å². The zero-order valence-electron chi connectivity index (χ0n) is 14.1. The summed E-state index contributed by atoms with van der Waals surface area (Å²) in [6.07, 6.45) is 2.93. The first-order valence-corrected chi connectivity index (χ1v) is 9.40. The van der Waals surface area contributed by atoms with Crippen molar-refractivity contribution in [2.24, 2.45) is 10.7 Å². The molecule has 1 aliphatic heterocycles. The first-order valence-electron chi connectivity index (χ1n) is 8.52. The molecule has 128 valence electrons. The Hall–Kier alpha value is -2.08. The molecule has 0 bridgehead atoms. The lowest BCUT2D eigenvalue weighted by molar-refractivity contribution is 0.380. The van der Waals surface area contributed by atoms with Gasteiger partial charge < -0.3 is 15.5 Å². The Morgan fingerprint density at radius 3 is 2.62 bits per heavy atom. The van der Waals surface area contributed by atoms with Gasteiger partial charge in [0.05, 0.1) is 0 Å². The Morgan fingerprint density at radius 2 is 2.00 bits per heavy atom. The molecule has 24 heavy (non-hydrogen) atoms. The Labute approximate surface area is 147 Å². The van der Waals surface area contributed by atoms with Gasteiger partial charge in [-0.05, 0) is 12.0 Å². The molecule has 2 heterocycles. The van der Waals surface area contributed by atoms with Gasteiger partial charge in [0, 0.05) is 50.2 Å². The van der Waals surface area contributed by atoms with Crippen LogP contribution >= 0.6 is 11.3 Å². The fraction of sp³-hybridized carbons (Fsp3) is 0.444. The van der Waals surface area contributed by atoms with Gasteiger partial charge in [-0.2, -0.15) is 0 Å². The standard InChI is InChI=1S/C18H25N5S/c1-2-15(16-6-4-3-5-7-16)14-21-17(19)22-9-11-23(12-10-22)18-20-8-13-24-18/h3-8,13,15H,2,9-12,14H2,1H3,(H2,19,21). The Morgan fingerprint density at radius 1 is 1.25 bits per heavy atom. The molecule has 1 saturated heterocycles. The molecule has 6 heteroatoms. The maximum atomic E-state index is 6.24. The van der Waals surface area contributed by atoms with Crippen molar-refractivity contribution < 1.29 is 0 Å². The van der Waals surface area contributed by atoms with Gasteiger partial charge >= 0.3 is 0 Å².